The van der Waals surface area contributed by atoms with Crippen LogP contribution in [0.3, 0.4) is 0 Å². The van der Waals surface area contributed by atoms with E-state index in [0.29, 0.717) is 0 Å². The maximum absolute atomic E-state index is 5.32. The fourth-order valence-electron chi connectivity index (χ4n) is 2.26. The molecule has 1 N–H and O–H groups in total. The third-order valence-corrected chi connectivity index (χ3v) is 3.33. The van der Waals surface area contributed by atoms with Crippen LogP contribution in [0.4, 0.5) is 0 Å². The molecule has 0 unspecified atom stereocenters. The van der Waals surface area contributed by atoms with Gasteiger partial charge >= 0.3 is 0 Å². The van der Waals surface area contributed by atoms with Crippen LogP contribution >= 0.6 is 0 Å². The smallest absolute Gasteiger partial charge is 0.243 e. The molecule has 2 aromatic rings. The number of nitrogens with one attached hydrogen (secondary N) is 1. The predicted molar refractivity (Wildman–Crippen MR) is 68.3 cm³/mol. The Morgan fingerprint density at radius 1 is 1.33 bits per heavy atom. The number of hydrogen-bond donors (Lipinski definition) is 1. The molecular weight excluding hydrogens is 226 g/mol. The molecule has 0 aliphatic carbocycles. The number of rotatable bonds is 3. The van der Waals surface area contributed by atoms with Crippen molar-refractivity contribution in [2.24, 2.45) is 0 Å². The highest BCUT2D eigenvalue weighted by Gasteiger charge is 2.22. The number of aryl methyl sites for hydroxylation is 1. The molecule has 94 valence electrons. The largest absolute Gasteiger partial charge is 0.338 e. The van der Waals surface area contributed by atoms with Gasteiger partial charge in [0, 0.05) is 6.42 Å². The van der Waals surface area contributed by atoms with E-state index in [2.05, 4.69) is 46.6 Å². The van der Waals surface area contributed by atoms with Crippen LogP contribution in [-0.2, 0) is 6.42 Å². The van der Waals surface area contributed by atoms with Gasteiger partial charge in [0.25, 0.3) is 0 Å². The minimum atomic E-state index is 0.254. The summed E-state index contributed by atoms with van der Waals surface area (Å²) in [5, 5.41) is 7.41. The number of benzene rings is 1. The Labute approximate surface area is 106 Å². The fourth-order valence-corrected chi connectivity index (χ4v) is 2.26. The van der Waals surface area contributed by atoms with Crippen molar-refractivity contribution in [1.82, 2.24) is 15.5 Å². The first kappa shape index (κ1) is 11.4. The molecule has 1 fully saturated rings. The van der Waals surface area contributed by atoms with Gasteiger partial charge in [0.05, 0.1) is 6.04 Å². The van der Waals surface area contributed by atoms with Crippen molar-refractivity contribution in [3.8, 4) is 0 Å². The van der Waals surface area contributed by atoms with Crippen molar-refractivity contribution in [2.75, 3.05) is 6.54 Å². The SMILES string of the molecule is Cc1ccc(Cc2noc([C@H]3CCCN3)n2)cc1. The monoisotopic (exact) mass is 243 g/mol. The summed E-state index contributed by atoms with van der Waals surface area (Å²) in [5.41, 5.74) is 2.48. The van der Waals surface area contributed by atoms with Crippen LogP contribution in [0.25, 0.3) is 0 Å². The van der Waals surface area contributed by atoms with Crippen molar-refractivity contribution >= 4 is 0 Å². The van der Waals surface area contributed by atoms with Crippen molar-refractivity contribution in [3.05, 3.63) is 47.1 Å². The summed E-state index contributed by atoms with van der Waals surface area (Å²) in [6.07, 6.45) is 3.00. The Balaban J connectivity index is 1.71. The topological polar surface area (TPSA) is 51.0 Å². The Kier molecular flexibility index (Phi) is 3.11. The van der Waals surface area contributed by atoms with E-state index in [0.717, 1.165) is 31.1 Å². The van der Waals surface area contributed by atoms with Gasteiger partial charge in [-0.1, -0.05) is 35.0 Å². The molecule has 0 saturated carbocycles. The first-order valence-electron chi connectivity index (χ1n) is 6.43. The van der Waals surface area contributed by atoms with Crippen molar-refractivity contribution in [1.29, 1.82) is 0 Å². The molecule has 1 saturated heterocycles. The lowest BCUT2D eigenvalue weighted by Gasteiger charge is -2.01. The first-order valence-corrected chi connectivity index (χ1v) is 6.43. The minimum absolute atomic E-state index is 0.254. The van der Waals surface area contributed by atoms with Gasteiger partial charge in [-0.2, -0.15) is 4.98 Å². The lowest BCUT2D eigenvalue weighted by molar-refractivity contribution is 0.341. The van der Waals surface area contributed by atoms with Crippen molar-refractivity contribution < 1.29 is 4.52 Å². The van der Waals surface area contributed by atoms with Crippen LogP contribution in [0.15, 0.2) is 28.8 Å². The van der Waals surface area contributed by atoms with Gasteiger partial charge in [-0.25, -0.2) is 0 Å². The number of hydrogen-bond acceptors (Lipinski definition) is 4. The highest BCUT2D eigenvalue weighted by Crippen LogP contribution is 2.21. The van der Waals surface area contributed by atoms with Gasteiger partial charge in [-0.3, -0.25) is 0 Å². The second-order valence-electron chi connectivity index (χ2n) is 4.86. The second kappa shape index (κ2) is 4.90. The Hall–Kier alpha value is -1.68. The molecule has 18 heavy (non-hydrogen) atoms. The molecule has 1 aromatic carbocycles. The molecule has 4 heteroatoms. The van der Waals surface area contributed by atoms with E-state index >= 15 is 0 Å². The van der Waals surface area contributed by atoms with Gasteiger partial charge in [0.15, 0.2) is 5.82 Å². The van der Waals surface area contributed by atoms with Crippen LogP contribution < -0.4 is 5.32 Å². The average molecular weight is 243 g/mol. The van der Waals surface area contributed by atoms with E-state index < -0.39 is 0 Å². The van der Waals surface area contributed by atoms with E-state index in [9.17, 15) is 0 Å². The van der Waals surface area contributed by atoms with Gasteiger partial charge in [-0.05, 0) is 31.9 Å². The fraction of sp³-hybridized carbons (Fsp3) is 0.429. The first-order chi connectivity index (χ1) is 8.81. The molecule has 1 atom stereocenters. The lowest BCUT2D eigenvalue weighted by atomic mass is 10.1. The van der Waals surface area contributed by atoms with E-state index in [1.807, 2.05) is 0 Å². The molecule has 0 radical (unpaired) electrons. The Morgan fingerprint density at radius 3 is 2.89 bits per heavy atom. The molecule has 3 rings (SSSR count). The molecule has 2 heterocycles. The molecule has 0 spiro atoms. The molecule has 0 bridgehead atoms. The van der Waals surface area contributed by atoms with Crippen molar-refractivity contribution in [3.63, 3.8) is 0 Å². The van der Waals surface area contributed by atoms with Crippen LogP contribution in [-0.4, -0.2) is 16.7 Å². The molecule has 0 amide bonds. The highest BCUT2D eigenvalue weighted by atomic mass is 16.5. The average Bonchev–Trinajstić information content (AvgIpc) is 3.02. The molecule has 1 aliphatic rings. The third-order valence-electron chi connectivity index (χ3n) is 3.33. The zero-order valence-corrected chi connectivity index (χ0v) is 10.5. The normalized spacial score (nSPS) is 19.3. The van der Waals surface area contributed by atoms with E-state index in [-0.39, 0.29) is 6.04 Å². The summed E-state index contributed by atoms with van der Waals surface area (Å²) >= 11 is 0. The van der Waals surface area contributed by atoms with Gasteiger partial charge < -0.3 is 9.84 Å². The van der Waals surface area contributed by atoms with E-state index in [1.165, 1.54) is 17.5 Å². The maximum Gasteiger partial charge on any atom is 0.243 e. The maximum atomic E-state index is 5.32. The van der Waals surface area contributed by atoms with Crippen molar-refractivity contribution in [2.45, 2.75) is 32.2 Å². The standard InChI is InChI=1S/C14H17N3O/c1-10-4-6-11(7-5-10)9-13-16-14(18-17-13)12-3-2-8-15-12/h4-7,12,15H,2-3,8-9H2,1H3/t12-/m1/s1. The molecule has 4 nitrogen and oxygen atoms in total. The molecular formula is C14H17N3O. The summed E-state index contributed by atoms with van der Waals surface area (Å²) in [4.78, 5) is 4.47. The number of nitrogens with zero attached hydrogens (tertiary/aromatic N) is 2. The zero-order chi connectivity index (χ0) is 12.4. The van der Waals surface area contributed by atoms with Crippen LogP contribution in [0.1, 0.15) is 41.7 Å². The highest BCUT2D eigenvalue weighted by molar-refractivity contribution is 5.23. The summed E-state index contributed by atoms with van der Waals surface area (Å²) in [6, 6.07) is 8.69. The quantitative estimate of drug-likeness (QED) is 0.899. The predicted octanol–water partition coefficient (Wildman–Crippen LogP) is 2.39. The van der Waals surface area contributed by atoms with Crippen LogP contribution in [0.2, 0.25) is 0 Å². The second-order valence-corrected chi connectivity index (χ2v) is 4.86. The third kappa shape index (κ3) is 2.43. The summed E-state index contributed by atoms with van der Waals surface area (Å²) in [6.45, 7) is 3.13. The molecule has 1 aliphatic heterocycles. The van der Waals surface area contributed by atoms with Gasteiger partial charge in [0.1, 0.15) is 0 Å². The van der Waals surface area contributed by atoms with Gasteiger partial charge in [0.2, 0.25) is 5.89 Å². The van der Waals surface area contributed by atoms with Crippen LogP contribution in [0.5, 0.6) is 0 Å². The van der Waals surface area contributed by atoms with Gasteiger partial charge in [-0.15, -0.1) is 0 Å². The minimum Gasteiger partial charge on any atom is -0.338 e. The van der Waals surface area contributed by atoms with E-state index in [4.69, 9.17) is 4.52 Å². The van der Waals surface area contributed by atoms with E-state index in [1.54, 1.807) is 0 Å². The summed E-state index contributed by atoms with van der Waals surface area (Å²) in [5.74, 6) is 1.50. The summed E-state index contributed by atoms with van der Waals surface area (Å²) in [7, 11) is 0. The zero-order valence-electron chi connectivity index (χ0n) is 10.5. The van der Waals surface area contributed by atoms with Crippen LogP contribution in [0, 0.1) is 6.92 Å². The Morgan fingerprint density at radius 2 is 2.17 bits per heavy atom. The Bertz CT molecular complexity index is 512. The lowest BCUT2D eigenvalue weighted by Crippen LogP contribution is -2.13. The number of aromatic nitrogens is 2. The summed E-state index contributed by atoms with van der Waals surface area (Å²) < 4.78 is 5.32. The molecule has 1 aromatic heterocycles.